The molecule has 1 fully saturated rings. The molecule has 0 unspecified atom stereocenters. The lowest BCUT2D eigenvalue weighted by molar-refractivity contribution is 0.203. The topological polar surface area (TPSA) is 35.5 Å². The van der Waals surface area contributed by atoms with E-state index in [2.05, 4.69) is 51.3 Å². The van der Waals surface area contributed by atoms with Gasteiger partial charge in [-0.25, -0.2) is 0 Å². The molecule has 2 rings (SSSR count). The zero-order chi connectivity index (χ0) is 14.4. The maximum absolute atomic E-state index is 9.20. The number of piperidine rings is 1. The Morgan fingerprint density at radius 3 is 2.70 bits per heavy atom. The second-order valence-corrected chi connectivity index (χ2v) is 6.42. The van der Waals surface area contributed by atoms with Crippen molar-refractivity contribution in [3.8, 4) is 0 Å². The van der Waals surface area contributed by atoms with Crippen molar-refractivity contribution in [1.29, 1.82) is 0 Å². The summed E-state index contributed by atoms with van der Waals surface area (Å²) in [4.78, 5) is 2.42. The van der Waals surface area contributed by atoms with Gasteiger partial charge in [-0.1, -0.05) is 28.9 Å². The van der Waals surface area contributed by atoms with Gasteiger partial charge in [0.05, 0.1) is 0 Å². The molecule has 0 bridgehead atoms. The summed E-state index contributed by atoms with van der Waals surface area (Å²) in [5.74, 6) is 0.493. The largest absolute Gasteiger partial charge is 0.396 e. The molecule has 0 amide bonds. The average molecular weight is 341 g/mol. The van der Waals surface area contributed by atoms with Crippen molar-refractivity contribution in [3.63, 3.8) is 0 Å². The molecule has 3 nitrogen and oxygen atoms in total. The van der Waals surface area contributed by atoms with Gasteiger partial charge < -0.3 is 15.3 Å². The summed E-state index contributed by atoms with van der Waals surface area (Å²) in [6.45, 7) is 6.58. The van der Waals surface area contributed by atoms with E-state index in [0.717, 1.165) is 45.4 Å². The van der Waals surface area contributed by atoms with Gasteiger partial charge in [0.1, 0.15) is 0 Å². The van der Waals surface area contributed by atoms with Crippen LogP contribution < -0.4 is 10.2 Å². The van der Waals surface area contributed by atoms with Crippen LogP contribution in [0.1, 0.15) is 31.7 Å². The van der Waals surface area contributed by atoms with Crippen LogP contribution in [0.25, 0.3) is 0 Å². The van der Waals surface area contributed by atoms with Crippen LogP contribution in [-0.4, -0.2) is 31.3 Å². The first-order chi connectivity index (χ1) is 9.74. The van der Waals surface area contributed by atoms with Crippen LogP contribution in [-0.2, 0) is 6.54 Å². The normalized spacial score (nSPS) is 16.6. The van der Waals surface area contributed by atoms with E-state index in [1.807, 2.05) is 0 Å². The molecule has 4 heteroatoms. The van der Waals surface area contributed by atoms with Crippen LogP contribution >= 0.6 is 15.9 Å². The molecule has 0 aromatic heterocycles. The van der Waals surface area contributed by atoms with Gasteiger partial charge in [-0.3, -0.25) is 0 Å². The van der Waals surface area contributed by atoms with Crippen molar-refractivity contribution < 1.29 is 5.11 Å². The van der Waals surface area contributed by atoms with Crippen molar-refractivity contribution in [2.75, 3.05) is 31.1 Å². The van der Waals surface area contributed by atoms with Gasteiger partial charge in [0.2, 0.25) is 0 Å². The van der Waals surface area contributed by atoms with E-state index in [0.29, 0.717) is 12.5 Å². The minimum absolute atomic E-state index is 0.333. The maximum Gasteiger partial charge on any atom is 0.0460 e. The van der Waals surface area contributed by atoms with Gasteiger partial charge >= 0.3 is 0 Å². The highest BCUT2D eigenvalue weighted by molar-refractivity contribution is 9.10. The third kappa shape index (κ3) is 4.21. The van der Waals surface area contributed by atoms with Crippen LogP contribution in [0.5, 0.6) is 0 Å². The van der Waals surface area contributed by atoms with Gasteiger partial charge in [0, 0.05) is 36.4 Å². The summed E-state index contributed by atoms with van der Waals surface area (Å²) < 4.78 is 1.18. The molecule has 1 aromatic rings. The van der Waals surface area contributed by atoms with Gasteiger partial charge in [-0.05, 0) is 49.4 Å². The van der Waals surface area contributed by atoms with Crippen LogP contribution in [0.15, 0.2) is 22.7 Å². The van der Waals surface area contributed by atoms with Crippen LogP contribution in [0.2, 0.25) is 0 Å². The molecule has 0 saturated carbocycles. The Morgan fingerprint density at radius 1 is 1.35 bits per heavy atom. The van der Waals surface area contributed by atoms with Crippen molar-refractivity contribution in [2.24, 2.45) is 5.92 Å². The predicted octanol–water partition coefficient (Wildman–Crippen LogP) is 3.16. The fraction of sp³-hybridized carbons (Fsp3) is 0.625. The zero-order valence-corrected chi connectivity index (χ0v) is 13.8. The highest BCUT2D eigenvalue weighted by Gasteiger charge is 2.19. The number of anilines is 1. The SMILES string of the molecule is CCCNCc1ccc(N2CCC(CO)CC2)cc1Br. The second-order valence-electron chi connectivity index (χ2n) is 5.57. The Labute approximate surface area is 130 Å². The summed E-state index contributed by atoms with van der Waals surface area (Å²) in [6.07, 6.45) is 3.34. The number of aliphatic hydroxyl groups excluding tert-OH is 1. The van der Waals surface area contributed by atoms with E-state index in [1.54, 1.807) is 0 Å². The predicted molar refractivity (Wildman–Crippen MR) is 88.2 cm³/mol. The highest BCUT2D eigenvalue weighted by Crippen LogP contribution is 2.27. The van der Waals surface area contributed by atoms with Crippen molar-refractivity contribution in [2.45, 2.75) is 32.7 Å². The van der Waals surface area contributed by atoms with Crippen molar-refractivity contribution in [3.05, 3.63) is 28.2 Å². The number of hydrogen-bond acceptors (Lipinski definition) is 3. The minimum atomic E-state index is 0.333. The standard InChI is InChI=1S/C16H25BrN2O/c1-2-7-18-11-14-3-4-15(10-16(14)17)19-8-5-13(12-20)6-9-19/h3-4,10,13,18,20H,2,5-9,11-12H2,1H3. The van der Waals surface area contributed by atoms with Crippen LogP contribution in [0, 0.1) is 5.92 Å². The summed E-state index contributed by atoms with van der Waals surface area (Å²) in [5, 5.41) is 12.6. The number of aliphatic hydroxyl groups is 1. The Morgan fingerprint density at radius 2 is 2.10 bits per heavy atom. The number of nitrogens with zero attached hydrogens (tertiary/aromatic N) is 1. The first-order valence-electron chi connectivity index (χ1n) is 7.59. The number of nitrogens with one attached hydrogen (secondary N) is 1. The quantitative estimate of drug-likeness (QED) is 0.781. The maximum atomic E-state index is 9.20. The first-order valence-corrected chi connectivity index (χ1v) is 8.38. The molecule has 1 heterocycles. The smallest absolute Gasteiger partial charge is 0.0460 e. The molecule has 2 N–H and O–H groups in total. The fourth-order valence-electron chi connectivity index (χ4n) is 2.65. The molecule has 0 aliphatic carbocycles. The summed E-state index contributed by atoms with van der Waals surface area (Å²) in [6, 6.07) is 6.65. The molecular weight excluding hydrogens is 316 g/mol. The Bertz CT molecular complexity index is 417. The molecule has 0 atom stereocenters. The zero-order valence-electron chi connectivity index (χ0n) is 12.2. The van der Waals surface area contributed by atoms with Gasteiger partial charge in [-0.2, -0.15) is 0 Å². The van der Waals surface area contributed by atoms with Crippen molar-refractivity contribution in [1.82, 2.24) is 5.32 Å². The average Bonchev–Trinajstić information content (AvgIpc) is 2.49. The molecular formula is C16H25BrN2O. The molecule has 1 saturated heterocycles. The highest BCUT2D eigenvalue weighted by atomic mass is 79.9. The number of hydrogen-bond donors (Lipinski definition) is 2. The lowest BCUT2D eigenvalue weighted by Crippen LogP contribution is -2.34. The van der Waals surface area contributed by atoms with Crippen molar-refractivity contribution >= 4 is 21.6 Å². The Balaban J connectivity index is 1.95. The minimum Gasteiger partial charge on any atom is -0.396 e. The molecule has 0 spiro atoms. The molecule has 20 heavy (non-hydrogen) atoms. The molecule has 1 aliphatic heterocycles. The Hall–Kier alpha value is -0.580. The number of halogens is 1. The van der Waals surface area contributed by atoms with E-state index in [4.69, 9.17) is 0 Å². The molecule has 0 radical (unpaired) electrons. The van der Waals surface area contributed by atoms with Crippen LogP contribution in [0.4, 0.5) is 5.69 Å². The third-order valence-electron chi connectivity index (χ3n) is 4.02. The third-order valence-corrected chi connectivity index (χ3v) is 4.75. The number of benzene rings is 1. The van der Waals surface area contributed by atoms with Gasteiger partial charge in [0.15, 0.2) is 0 Å². The molecule has 1 aromatic carbocycles. The van der Waals surface area contributed by atoms with Crippen LogP contribution in [0.3, 0.4) is 0 Å². The van der Waals surface area contributed by atoms with E-state index >= 15 is 0 Å². The van der Waals surface area contributed by atoms with E-state index in [1.165, 1.54) is 15.7 Å². The molecule has 112 valence electrons. The monoisotopic (exact) mass is 340 g/mol. The molecule has 1 aliphatic rings. The van der Waals surface area contributed by atoms with Gasteiger partial charge in [0.25, 0.3) is 0 Å². The lowest BCUT2D eigenvalue weighted by Gasteiger charge is -2.33. The number of rotatable bonds is 6. The van der Waals surface area contributed by atoms with E-state index in [-0.39, 0.29) is 0 Å². The van der Waals surface area contributed by atoms with E-state index in [9.17, 15) is 5.11 Å². The van der Waals surface area contributed by atoms with Gasteiger partial charge in [-0.15, -0.1) is 0 Å². The fourth-order valence-corrected chi connectivity index (χ4v) is 3.16. The Kier molecular flexibility index (Phi) is 6.33. The van der Waals surface area contributed by atoms with E-state index < -0.39 is 0 Å². The first kappa shape index (κ1) is 15.8. The second kappa shape index (κ2) is 8.01. The lowest BCUT2D eigenvalue weighted by atomic mass is 9.97. The summed E-state index contributed by atoms with van der Waals surface area (Å²) in [5.41, 5.74) is 2.60. The summed E-state index contributed by atoms with van der Waals surface area (Å²) >= 11 is 3.68. The summed E-state index contributed by atoms with van der Waals surface area (Å²) in [7, 11) is 0.